The summed E-state index contributed by atoms with van der Waals surface area (Å²) >= 11 is 0. The topological polar surface area (TPSA) is 25.2 Å². The predicted molar refractivity (Wildman–Crippen MR) is 96.7 cm³/mol. The van der Waals surface area contributed by atoms with Gasteiger partial charge in [0.1, 0.15) is 11.2 Å². The van der Waals surface area contributed by atoms with E-state index in [0.717, 1.165) is 11.2 Å². The third-order valence-electron chi connectivity index (χ3n) is 4.69. The number of rotatable bonds is 2. The minimum absolute atomic E-state index is 0.161. The van der Waals surface area contributed by atoms with Crippen LogP contribution in [-0.2, 0) is 0 Å². The molecule has 1 aliphatic rings. The molecule has 0 spiro atoms. The fourth-order valence-electron chi connectivity index (χ4n) is 3.35. The highest BCUT2D eigenvalue weighted by atomic mass is 16.3. The number of allylic oxidation sites excluding steroid dienone is 2. The predicted octanol–water partition coefficient (Wildman–Crippen LogP) is 5.73. The molecule has 0 saturated heterocycles. The van der Waals surface area contributed by atoms with Crippen LogP contribution in [0, 0.1) is 6.92 Å². The minimum Gasteiger partial charge on any atom is -0.456 e. The van der Waals surface area contributed by atoms with Crippen molar-refractivity contribution in [2.45, 2.75) is 32.7 Å². The molecule has 0 radical (unpaired) electrons. The van der Waals surface area contributed by atoms with E-state index in [1.54, 1.807) is 0 Å². The fourth-order valence-corrected chi connectivity index (χ4v) is 3.35. The van der Waals surface area contributed by atoms with Gasteiger partial charge >= 0.3 is 0 Å². The van der Waals surface area contributed by atoms with Gasteiger partial charge in [-0.05, 0) is 42.3 Å². The highest BCUT2D eigenvalue weighted by molar-refractivity contribution is 6.06. The Labute approximate surface area is 136 Å². The van der Waals surface area contributed by atoms with E-state index in [-0.39, 0.29) is 6.04 Å². The van der Waals surface area contributed by atoms with Gasteiger partial charge in [0.2, 0.25) is 0 Å². The molecule has 0 amide bonds. The molecule has 0 bridgehead atoms. The molecule has 1 unspecified atom stereocenters. The van der Waals surface area contributed by atoms with Gasteiger partial charge in [0.05, 0.1) is 6.04 Å². The molecule has 116 valence electrons. The van der Waals surface area contributed by atoms with Crippen LogP contribution in [0.4, 0.5) is 0 Å². The zero-order chi connectivity index (χ0) is 16.0. The third-order valence-corrected chi connectivity index (χ3v) is 4.69. The molecule has 3 aromatic rings. The first-order valence-electron chi connectivity index (χ1n) is 8.20. The van der Waals surface area contributed by atoms with Gasteiger partial charge in [-0.25, -0.2) is 0 Å². The van der Waals surface area contributed by atoms with Crippen LogP contribution in [0.1, 0.15) is 42.5 Å². The Morgan fingerprint density at radius 3 is 2.61 bits per heavy atom. The Balaban J connectivity index is 1.99. The largest absolute Gasteiger partial charge is 0.456 e. The Morgan fingerprint density at radius 2 is 1.87 bits per heavy atom. The normalized spacial score (nSPS) is 17.3. The van der Waals surface area contributed by atoms with Gasteiger partial charge < -0.3 is 9.73 Å². The Bertz CT molecular complexity index is 943. The molecule has 2 heteroatoms. The molecule has 1 atom stereocenters. The molecule has 1 aliphatic heterocycles. The molecule has 23 heavy (non-hydrogen) atoms. The van der Waals surface area contributed by atoms with Crippen molar-refractivity contribution in [2.75, 3.05) is 0 Å². The van der Waals surface area contributed by atoms with Crippen LogP contribution in [0.5, 0.6) is 0 Å². The lowest BCUT2D eigenvalue weighted by atomic mass is 9.96. The second-order valence-electron chi connectivity index (χ2n) is 6.57. The summed E-state index contributed by atoms with van der Waals surface area (Å²) < 4.78 is 6.31. The summed E-state index contributed by atoms with van der Waals surface area (Å²) in [6, 6.07) is 11.1. The van der Waals surface area contributed by atoms with Crippen LogP contribution < -0.4 is 5.32 Å². The van der Waals surface area contributed by atoms with E-state index in [4.69, 9.17) is 4.42 Å². The highest BCUT2D eigenvalue weighted by Crippen LogP contribution is 2.37. The maximum Gasteiger partial charge on any atom is 0.141 e. The minimum atomic E-state index is 0.161. The van der Waals surface area contributed by atoms with Crippen LogP contribution in [0.25, 0.3) is 21.9 Å². The third kappa shape index (κ3) is 2.26. The summed E-state index contributed by atoms with van der Waals surface area (Å²) in [6.45, 7) is 6.57. The van der Waals surface area contributed by atoms with Crippen molar-refractivity contribution in [3.63, 3.8) is 0 Å². The molecule has 0 fully saturated rings. The number of hydrogen-bond acceptors (Lipinski definition) is 2. The average Bonchev–Trinajstić information content (AvgIpc) is 2.92. The molecule has 0 aliphatic carbocycles. The van der Waals surface area contributed by atoms with E-state index in [1.807, 2.05) is 12.3 Å². The van der Waals surface area contributed by atoms with Crippen LogP contribution in [0.2, 0.25) is 0 Å². The standard InChI is InChI=1S/C21H21NO/c1-13(2)15-8-10-16-17-9-7-14(3)20(18-6-4-5-11-22-18)21(17)23-19(16)12-15/h4-13,18,22H,1-3H3. The molecule has 1 aromatic heterocycles. The van der Waals surface area contributed by atoms with Gasteiger partial charge in [0, 0.05) is 16.3 Å². The Morgan fingerprint density at radius 1 is 1.04 bits per heavy atom. The number of benzene rings is 2. The van der Waals surface area contributed by atoms with Gasteiger partial charge in [0.25, 0.3) is 0 Å². The van der Waals surface area contributed by atoms with Gasteiger partial charge in [-0.2, -0.15) is 0 Å². The van der Waals surface area contributed by atoms with Crippen molar-refractivity contribution in [1.29, 1.82) is 0 Å². The fraction of sp³-hybridized carbons (Fsp3) is 0.238. The Kier molecular flexibility index (Phi) is 3.26. The van der Waals surface area contributed by atoms with Crippen LogP contribution in [0.15, 0.2) is 59.2 Å². The average molecular weight is 303 g/mol. The van der Waals surface area contributed by atoms with E-state index in [9.17, 15) is 0 Å². The van der Waals surface area contributed by atoms with E-state index < -0.39 is 0 Å². The molecule has 4 rings (SSSR count). The second-order valence-corrected chi connectivity index (χ2v) is 6.57. The Hall–Kier alpha value is -2.48. The van der Waals surface area contributed by atoms with E-state index in [1.165, 1.54) is 27.5 Å². The van der Waals surface area contributed by atoms with Crippen molar-refractivity contribution in [3.8, 4) is 0 Å². The number of aryl methyl sites for hydroxylation is 1. The summed E-state index contributed by atoms with van der Waals surface area (Å²) in [5.41, 5.74) is 5.77. The molecule has 1 N–H and O–H groups in total. The highest BCUT2D eigenvalue weighted by Gasteiger charge is 2.19. The van der Waals surface area contributed by atoms with E-state index in [0.29, 0.717) is 5.92 Å². The number of dihydropyridines is 1. The van der Waals surface area contributed by atoms with E-state index in [2.05, 4.69) is 68.6 Å². The van der Waals surface area contributed by atoms with Crippen molar-refractivity contribution in [3.05, 3.63) is 71.5 Å². The quantitative estimate of drug-likeness (QED) is 0.654. The summed E-state index contributed by atoms with van der Waals surface area (Å²) in [5, 5.41) is 5.81. The van der Waals surface area contributed by atoms with Crippen molar-refractivity contribution in [2.24, 2.45) is 0 Å². The summed E-state index contributed by atoms with van der Waals surface area (Å²) in [7, 11) is 0. The summed E-state index contributed by atoms with van der Waals surface area (Å²) in [6.07, 6.45) is 8.26. The van der Waals surface area contributed by atoms with Crippen LogP contribution in [-0.4, -0.2) is 0 Å². The molecule has 2 aromatic carbocycles. The first-order valence-corrected chi connectivity index (χ1v) is 8.20. The molecule has 2 heterocycles. The maximum atomic E-state index is 6.31. The van der Waals surface area contributed by atoms with Crippen LogP contribution in [0.3, 0.4) is 0 Å². The molecular formula is C21H21NO. The van der Waals surface area contributed by atoms with Gasteiger partial charge in [0.15, 0.2) is 0 Å². The van der Waals surface area contributed by atoms with Crippen LogP contribution >= 0.6 is 0 Å². The van der Waals surface area contributed by atoms with Crippen molar-refractivity contribution in [1.82, 2.24) is 5.32 Å². The molecular weight excluding hydrogens is 282 g/mol. The number of nitrogens with one attached hydrogen (secondary N) is 1. The van der Waals surface area contributed by atoms with Gasteiger partial charge in [-0.1, -0.05) is 50.3 Å². The zero-order valence-electron chi connectivity index (χ0n) is 13.8. The SMILES string of the molecule is Cc1ccc2c(oc3cc(C(C)C)ccc32)c1C1C=CC=CN1. The lowest BCUT2D eigenvalue weighted by molar-refractivity contribution is 0.646. The first kappa shape index (κ1) is 14.1. The first-order chi connectivity index (χ1) is 11.1. The lowest BCUT2D eigenvalue weighted by Gasteiger charge is -2.18. The number of furan rings is 1. The summed E-state index contributed by atoms with van der Waals surface area (Å²) in [4.78, 5) is 0. The molecule has 0 saturated carbocycles. The number of hydrogen-bond donors (Lipinski definition) is 1. The smallest absolute Gasteiger partial charge is 0.141 e. The monoisotopic (exact) mass is 303 g/mol. The summed E-state index contributed by atoms with van der Waals surface area (Å²) in [5.74, 6) is 0.502. The maximum absolute atomic E-state index is 6.31. The zero-order valence-corrected chi connectivity index (χ0v) is 13.8. The van der Waals surface area contributed by atoms with Crippen molar-refractivity contribution < 1.29 is 4.42 Å². The lowest BCUT2D eigenvalue weighted by Crippen LogP contribution is -2.16. The van der Waals surface area contributed by atoms with Gasteiger partial charge in [-0.15, -0.1) is 0 Å². The van der Waals surface area contributed by atoms with E-state index >= 15 is 0 Å². The van der Waals surface area contributed by atoms with Gasteiger partial charge in [-0.3, -0.25) is 0 Å². The number of fused-ring (bicyclic) bond motifs is 3. The second kappa shape index (κ2) is 5.31. The van der Waals surface area contributed by atoms with Crippen molar-refractivity contribution >= 4 is 21.9 Å². The molecule has 2 nitrogen and oxygen atoms in total.